The molecule has 0 radical (unpaired) electrons. The van der Waals surface area contributed by atoms with Crippen molar-refractivity contribution in [2.24, 2.45) is 5.73 Å². The summed E-state index contributed by atoms with van der Waals surface area (Å²) < 4.78 is 120. The number of benzene rings is 2. The first-order chi connectivity index (χ1) is 15.5. The van der Waals surface area contributed by atoms with Gasteiger partial charge in [-0.25, -0.2) is 0 Å². The number of halogens is 9. The third-order valence-corrected chi connectivity index (χ3v) is 5.93. The molecule has 2 N–H and O–H groups in total. The lowest BCUT2D eigenvalue weighted by atomic mass is 9.88. The van der Waals surface area contributed by atoms with Crippen LogP contribution in [0.3, 0.4) is 0 Å². The molecule has 0 aromatic heterocycles. The molecule has 34 heavy (non-hydrogen) atoms. The van der Waals surface area contributed by atoms with Gasteiger partial charge in [0.05, 0.1) is 22.2 Å². The van der Waals surface area contributed by atoms with E-state index in [9.17, 15) is 44.3 Å². The lowest BCUT2D eigenvalue weighted by Crippen LogP contribution is -2.45. The minimum atomic E-state index is -5.15. The summed E-state index contributed by atoms with van der Waals surface area (Å²) in [5.41, 5.74) is -0.733. The van der Waals surface area contributed by atoms with Crippen molar-refractivity contribution in [3.63, 3.8) is 0 Å². The number of aryl methyl sites for hydroxylation is 1. The van der Waals surface area contributed by atoms with E-state index in [2.05, 4.69) is 0 Å². The Morgan fingerprint density at radius 3 is 1.56 bits per heavy atom. The molecular formula is C23H20F9NO. The number of rotatable bonds is 5. The highest BCUT2D eigenvalue weighted by atomic mass is 19.4. The molecule has 1 saturated carbocycles. The molecule has 0 bridgehead atoms. The van der Waals surface area contributed by atoms with Crippen molar-refractivity contribution >= 4 is 5.78 Å². The fourth-order valence-corrected chi connectivity index (χ4v) is 4.08. The topological polar surface area (TPSA) is 43.1 Å². The van der Waals surface area contributed by atoms with Crippen LogP contribution in [-0.4, -0.2) is 11.3 Å². The Hall–Kier alpha value is -2.56. The van der Waals surface area contributed by atoms with Gasteiger partial charge in [-0.15, -0.1) is 0 Å². The highest BCUT2D eigenvalue weighted by Gasteiger charge is 2.38. The van der Waals surface area contributed by atoms with Gasteiger partial charge in [0.2, 0.25) is 0 Å². The number of carbonyl (C=O) groups is 1. The molecule has 3 rings (SSSR count). The summed E-state index contributed by atoms with van der Waals surface area (Å²) in [6.07, 6.45) is -13.2. The van der Waals surface area contributed by atoms with Crippen molar-refractivity contribution in [2.45, 2.75) is 62.6 Å². The Labute approximate surface area is 188 Å². The van der Waals surface area contributed by atoms with Crippen molar-refractivity contribution in [2.75, 3.05) is 0 Å². The molecule has 0 spiro atoms. The maximum absolute atomic E-state index is 13.5. The van der Waals surface area contributed by atoms with Crippen LogP contribution in [0.1, 0.15) is 54.4 Å². The second kappa shape index (κ2) is 8.90. The van der Waals surface area contributed by atoms with E-state index >= 15 is 0 Å². The Balaban J connectivity index is 2.05. The SMILES string of the molecule is NC1(C(=O)CCc2cc(-c3cc(C(F)(F)F)cc(C(F)(F)F)c3)cc(C(F)(F)F)c2)CCCC1. The Morgan fingerprint density at radius 2 is 1.12 bits per heavy atom. The minimum Gasteiger partial charge on any atom is -0.319 e. The zero-order valence-corrected chi connectivity index (χ0v) is 17.6. The highest BCUT2D eigenvalue weighted by molar-refractivity contribution is 5.88. The summed E-state index contributed by atoms with van der Waals surface area (Å²) in [6.45, 7) is 0. The van der Waals surface area contributed by atoms with E-state index in [1.54, 1.807) is 0 Å². The number of Topliss-reactive ketones (excluding diaryl/α,β-unsaturated/α-hetero) is 1. The van der Waals surface area contributed by atoms with Crippen LogP contribution >= 0.6 is 0 Å². The first-order valence-corrected chi connectivity index (χ1v) is 10.3. The third kappa shape index (κ3) is 5.92. The van der Waals surface area contributed by atoms with Gasteiger partial charge in [0.25, 0.3) is 0 Å². The molecule has 2 nitrogen and oxygen atoms in total. The van der Waals surface area contributed by atoms with Crippen molar-refractivity contribution in [1.29, 1.82) is 0 Å². The Bertz CT molecular complexity index is 1030. The number of hydrogen-bond donors (Lipinski definition) is 1. The van der Waals surface area contributed by atoms with Crippen LogP contribution in [0, 0.1) is 0 Å². The smallest absolute Gasteiger partial charge is 0.319 e. The molecule has 1 fully saturated rings. The van der Waals surface area contributed by atoms with E-state index < -0.39 is 51.9 Å². The highest BCUT2D eigenvalue weighted by Crippen LogP contribution is 2.40. The quantitative estimate of drug-likeness (QED) is 0.445. The number of nitrogens with two attached hydrogens (primary N) is 1. The second-order valence-electron chi connectivity index (χ2n) is 8.50. The number of alkyl halides is 9. The van der Waals surface area contributed by atoms with Gasteiger partial charge in [0, 0.05) is 6.42 Å². The molecule has 0 heterocycles. The summed E-state index contributed by atoms with van der Waals surface area (Å²) in [5.74, 6) is -0.345. The van der Waals surface area contributed by atoms with Crippen molar-refractivity contribution in [3.05, 3.63) is 58.7 Å². The van der Waals surface area contributed by atoms with Gasteiger partial charge in [0.1, 0.15) is 0 Å². The van der Waals surface area contributed by atoms with Crippen molar-refractivity contribution < 1.29 is 44.3 Å². The molecule has 0 unspecified atom stereocenters. The molecule has 186 valence electrons. The Kier molecular flexibility index (Phi) is 6.82. The first-order valence-electron chi connectivity index (χ1n) is 10.3. The second-order valence-corrected chi connectivity index (χ2v) is 8.50. The molecule has 2 aromatic rings. The van der Waals surface area contributed by atoms with Crippen LogP contribution < -0.4 is 5.73 Å². The largest absolute Gasteiger partial charge is 0.416 e. The van der Waals surface area contributed by atoms with E-state index in [0.29, 0.717) is 31.0 Å². The summed E-state index contributed by atoms with van der Waals surface area (Å²) in [5, 5.41) is 0. The first kappa shape index (κ1) is 26.1. The lowest BCUT2D eigenvalue weighted by molar-refractivity contribution is -0.143. The maximum Gasteiger partial charge on any atom is 0.416 e. The van der Waals surface area contributed by atoms with E-state index in [4.69, 9.17) is 5.73 Å². The number of carbonyl (C=O) groups excluding carboxylic acids is 1. The fraction of sp³-hybridized carbons (Fsp3) is 0.435. The van der Waals surface area contributed by atoms with E-state index in [1.807, 2.05) is 0 Å². The molecular weight excluding hydrogens is 477 g/mol. The molecule has 0 amide bonds. The summed E-state index contributed by atoms with van der Waals surface area (Å²) in [4.78, 5) is 12.5. The van der Waals surface area contributed by atoms with Crippen LogP contribution in [-0.2, 0) is 29.7 Å². The van der Waals surface area contributed by atoms with Crippen molar-refractivity contribution in [1.82, 2.24) is 0 Å². The third-order valence-electron chi connectivity index (χ3n) is 5.93. The molecule has 1 aliphatic carbocycles. The number of ketones is 1. The van der Waals surface area contributed by atoms with Gasteiger partial charge in [-0.05, 0) is 66.3 Å². The van der Waals surface area contributed by atoms with E-state index in [0.717, 1.165) is 25.0 Å². The normalized spacial score (nSPS) is 16.6. The van der Waals surface area contributed by atoms with Gasteiger partial charge in [-0.2, -0.15) is 39.5 Å². The molecule has 0 aliphatic heterocycles. The predicted octanol–water partition coefficient (Wildman–Crippen LogP) is 7.18. The van der Waals surface area contributed by atoms with Gasteiger partial charge in [-0.1, -0.05) is 18.9 Å². The van der Waals surface area contributed by atoms with Crippen LogP contribution in [0.15, 0.2) is 36.4 Å². The average molecular weight is 497 g/mol. The summed E-state index contributed by atoms with van der Waals surface area (Å²) in [6, 6.07) is 2.92. The summed E-state index contributed by atoms with van der Waals surface area (Å²) >= 11 is 0. The molecule has 2 aromatic carbocycles. The Morgan fingerprint density at radius 1 is 0.706 bits per heavy atom. The van der Waals surface area contributed by atoms with E-state index in [1.165, 1.54) is 0 Å². The maximum atomic E-state index is 13.5. The van der Waals surface area contributed by atoms with Gasteiger partial charge in [0.15, 0.2) is 5.78 Å². The zero-order valence-electron chi connectivity index (χ0n) is 17.6. The number of hydrogen-bond acceptors (Lipinski definition) is 2. The monoisotopic (exact) mass is 497 g/mol. The zero-order chi connectivity index (χ0) is 25.5. The molecule has 11 heteroatoms. The summed E-state index contributed by atoms with van der Waals surface area (Å²) in [7, 11) is 0. The van der Waals surface area contributed by atoms with E-state index in [-0.39, 0.29) is 30.3 Å². The predicted molar refractivity (Wildman–Crippen MR) is 106 cm³/mol. The van der Waals surface area contributed by atoms with Gasteiger partial charge >= 0.3 is 18.5 Å². The molecule has 1 aliphatic rings. The van der Waals surface area contributed by atoms with Crippen LogP contribution in [0.5, 0.6) is 0 Å². The minimum absolute atomic E-state index is 0.0502. The van der Waals surface area contributed by atoms with Crippen LogP contribution in [0.4, 0.5) is 39.5 Å². The standard InChI is InChI=1S/C23H20F9NO/c24-21(25,26)16-8-13(3-4-19(34)20(33)5-1-2-6-20)7-14(9-16)15-10-17(22(27,28)29)12-18(11-15)23(30,31)32/h7-12H,1-6,33H2. The fourth-order valence-electron chi connectivity index (χ4n) is 4.08. The van der Waals surface area contributed by atoms with Crippen molar-refractivity contribution in [3.8, 4) is 11.1 Å². The van der Waals surface area contributed by atoms with Gasteiger partial charge in [-0.3, -0.25) is 4.79 Å². The van der Waals surface area contributed by atoms with Crippen LogP contribution in [0.2, 0.25) is 0 Å². The molecule has 0 atom stereocenters. The average Bonchev–Trinajstić information content (AvgIpc) is 3.17. The van der Waals surface area contributed by atoms with Crippen LogP contribution in [0.25, 0.3) is 11.1 Å². The molecule has 0 saturated heterocycles. The lowest BCUT2D eigenvalue weighted by Gasteiger charge is -2.22. The van der Waals surface area contributed by atoms with Gasteiger partial charge < -0.3 is 5.73 Å².